The highest BCUT2D eigenvalue weighted by molar-refractivity contribution is 5.87. The Kier molecular flexibility index (Phi) is 5.17. The van der Waals surface area contributed by atoms with E-state index in [-0.39, 0.29) is 17.9 Å². The van der Waals surface area contributed by atoms with Crippen molar-refractivity contribution in [1.82, 2.24) is 4.57 Å². The maximum absolute atomic E-state index is 11.5. The van der Waals surface area contributed by atoms with E-state index in [1.807, 2.05) is 24.5 Å². The van der Waals surface area contributed by atoms with Crippen molar-refractivity contribution in [3.05, 3.63) is 71.4 Å². The lowest BCUT2D eigenvalue weighted by atomic mass is 9.60. The largest absolute Gasteiger partial charge is 0.368 e. The first-order valence-electron chi connectivity index (χ1n) is 9.54. The zero-order valence-electron chi connectivity index (χ0n) is 16.0. The first-order chi connectivity index (χ1) is 12.6. The molecule has 1 amide bonds. The molecule has 136 valence electrons. The quantitative estimate of drug-likeness (QED) is 0.714. The number of benzene rings is 2. The average molecular weight is 348 g/mol. The third-order valence-corrected chi connectivity index (χ3v) is 5.44. The van der Waals surface area contributed by atoms with E-state index in [1.54, 1.807) is 0 Å². The van der Waals surface area contributed by atoms with Crippen LogP contribution in [0.4, 0.5) is 0 Å². The van der Waals surface area contributed by atoms with Crippen molar-refractivity contribution in [3.63, 3.8) is 0 Å². The van der Waals surface area contributed by atoms with Gasteiger partial charge in [0.1, 0.15) is 6.54 Å². The van der Waals surface area contributed by atoms with E-state index in [0.717, 1.165) is 18.4 Å². The molecule has 0 bridgehead atoms. The molecule has 4 rings (SSSR count). The summed E-state index contributed by atoms with van der Waals surface area (Å²) in [6, 6.07) is 17.2. The fraction of sp³-hybridized carbons (Fsp3) is 0.348. The van der Waals surface area contributed by atoms with E-state index < -0.39 is 0 Å². The number of hydrogen-bond donors (Lipinski definition) is 1. The molecule has 0 aliphatic heterocycles. The van der Waals surface area contributed by atoms with Crippen molar-refractivity contribution in [2.45, 2.75) is 52.0 Å². The molecule has 1 fully saturated rings. The van der Waals surface area contributed by atoms with Gasteiger partial charge in [-0.3, -0.25) is 4.79 Å². The summed E-state index contributed by atoms with van der Waals surface area (Å²) in [5, 5.41) is 1.24. The van der Waals surface area contributed by atoms with Gasteiger partial charge in [-0.05, 0) is 37.0 Å². The lowest BCUT2D eigenvalue weighted by molar-refractivity contribution is -0.118. The highest BCUT2D eigenvalue weighted by Gasteiger charge is 2.42. The Labute approximate surface area is 155 Å². The van der Waals surface area contributed by atoms with Crippen LogP contribution in [0.25, 0.3) is 10.9 Å². The van der Waals surface area contributed by atoms with Gasteiger partial charge in [0.15, 0.2) is 0 Å². The van der Waals surface area contributed by atoms with Gasteiger partial charge in [-0.2, -0.15) is 0 Å². The van der Waals surface area contributed by atoms with Gasteiger partial charge in [0.2, 0.25) is 5.91 Å². The van der Waals surface area contributed by atoms with E-state index in [2.05, 4.69) is 55.6 Å². The van der Waals surface area contributed by atoms with Crippen LogP contribution in [0, 0.1) is 6.92 Å². The second kappa shape index (κ2) is 7.36. The lowest BCUT2D eigenvalue weighted by Crippen LogP contribution is -2.35. The monoisotopic (exact) mass is 348 g/mol. The Morgan fingerprint density at radius 1 is 1.08 bits per heavy atom. The van der Waals surface area contributed by atoms with Crippen molar-refractivity contribution in [3.8, 4) is 0 Å². The van der Waals surface area contributed by atoms with Gasteiger partial charge in [-0.25, -0.2) is 0 Å². The van der Waals surface area contributed by atoms with Crippen LogP contribution in [-0.4, -0.2) is 10.5 Å². The van der Waals surface area contributed by atoms with Crippen LogP contribution < -0.4 is 5.73 Å². The van der Waals surface area contributed by atoms with Gasteiger partial charge in [0, 0.05) is 22.5 Å². The summed E-state index contributed by atoms with van der Waals surface area (Å²) in [6.07, 6.45) is 5.69. The Bertz CT molecular complexity index is 902. The van der Waals surface area contributed by atoms with Crippen molar-refractivity contribution >= 4 is 16.8 Å². The number of aromatic nitrogens is 1. The fourth-order valence-corrected chi connectivity index (χ4v) is 4.04. The molecule has 26 heavy (non-hydrogen) atoms. The summed E-state index contributed by atoms with van der Waals surface area (Å²) < 4.78 is 2.00. The van der Waals surface area contributed by atoms with Crippen molar-refractivity contribution in [1.29, 1.82) is 0 Å². The topological polar surface area (TPSA) is 48.0 Å². The Hall–Kier alpha value is -2.55. The van der Waals surface area contributed by atoms with Crippen LogP contribution in [0.2, 0.25) is 0 Å². The third-order valence-electron chi connectivity index (χ3n) is 5.44. The van der Waals surface area contributed by atoms with E-state index in [0.29, 0.717) is 0 Å². The first kappa shape index (κ1) is 18.2. The molecule has 0 saturated heterocycles. The number of carbonyl (C=O) groups excluding carboxylic acids is 1. The van der Waals surface area contributed by atoms with Gasteiger partial charge >= 0.3 is 0 Å². The molecule has 1 aliphatic rings. The van der Waals surface area contributed by atoms with Crippen LogP contribution in [0.5, 0.6) is 0 Å². The molecule has 0 unspecified atom stereocenters. The molecular weight excluding hydrogens is 320 g/mol. The van der Waals surface area contributed by atoms with Crippen molar-refractivity contribution in [2.24, 2.45) is 5.73 Å². The lowest BCUT2D eigenvalue weighted by Gasteiger charge is -2.43. The summed E-state index contributed by atoms with van der Waals surface area (Å²) in [7, 11) is 0. The fourth-order valence-electron chi connectivity index (χ4n) is 4.04. The minimum Gasteiger partial charge on any atom is -0.368 e. The predicted octanol–water partition coefficient (Wildman–Crippen LogP) is 4.93. The van der Waals surface area contributed by atoms with Gasteiger partial charge < -0.3 is 10.3 Å². The Balaban J connectivity index is 0.000000948. The summed E-state index contributed by atoms with van der Waals surface area (Å²) >= 11 is 0. The van der Waals surface area contributed by atoms with E-state index >= 15 is 0 Å². The van der Waals surface area contributed by atoms with Crippen molar-refractivity contribution < 1.29 is 4.79 Å². The van der Waals surface area contributed by atoms with Crippen LogP contribution in [-0.2, 0) is 16.8 Å². The second-order valence-corrected chi connectivity index (χ2v) is 6.96. The summed E-state index contributed by atoms with van der Waals surface area (Å²) in [4.78, 5) is 11.5. The summed E-state index contributed by atoms with van der Waals surface area (Å²) in [5.74, 6) is -0.305. The molecule has 1 saturated carbocycles. The molecule has 0 radical (unpaired) electrons. The molecule has 3 heteroatoms. The SMILES string of the molecule is CC.Cc1ccc(C2(c3cn(CC(N)=O)c4ccccc34)CCC2)cc1. The molecule has 3 nitrogen and oxygen atoms in total. The van der Waals surface area contributed by atoms with Crippen LogP contribution >= 0.6 is 0 Å². The molecule has 2 N–H and O–H groups in total. The molecule has 1 heterocycles. The van der Waals surface area contributed by atoms with Gasteiger partial charge in [0.25, 0.3) is 0 Å². The summed E-state index contributed by atoms with van der Waals surface area (Å²) in [5.41, 5.74) is 10.6. The average Bonchev–Trinajstić information content (AvgIpc) is 2.96. The van der Waals surface area contributed by atoms with E-state index in [4.69, 9.17) is 5.73 Å². The molecule has 0 atom stereocenters. The van der Waals surface area contributed by atoms with Crippen molar-refractivity contribution in [2.75, 3.05) is 0 Å². The predicted molar refractivity (Wildman–Crippen MR) is 108 cm³/mol. The maximum Gasteiger partial charge on any atom is 0.237 e. The number of nitrogens with two attached hydrogens (primary N) is 1. The van der Waals surface area contributed by atoms with Gasteiger partial charge in [-0.15, -0.1) is 0 Å². The normalized spacial score (nSPS) is 15.0. The van der Waals surface area contributed by atoms with E-state index in [1.165, 1.54) is 28.5 Å². The zero-order valence-corrected chi connectivity index (χ0v) is 16.0. The molecule has 0 spiro atoms. The summed E-state index contributed by atoms with van der Waals surface area (Å²) in [6.45, 7) is 6.35. The number of aryl methyl sites for hydroxylation is 1. The molecule has 3 aromatic rings. The Morgan fingerprint density at radius 3 is 2.31 bits per heavy atom. The highest BCUT2D eigenvalue weighted by Crippen LogP contribution is 2.51. The number of fused-ring (bicyclic) bond motifs is 1. The van der Waals surface area contributed by atoms with Crippen LogP contribution in [0.3, 0.4) is 0 Å². The van der Waals surface area contributed by atoms with Gasteiger partial charge in [-0.1, -0.05) is 68.3 Å². The number of nitrogens with zero attached hydrogens (tertiary/aromatic N) is 1. The number of hydrogen-bond acceptors (Lipinski definition) is 1. The molecule has 1 aliphatic carbocycles. The smallest absolute Gasteiger partial charge is 0.237 e. The van der Waals surface area contributed by atoms with Crippen LogP contribution in [0.1, 0.15) is 49.8 Å². The van der Waals surface area contributed by atoms with E-state index in [9.17, 15) is 4.79 Å². The number of amides is 1. The third kappa shape index (κ3) is 3.03. The minimum atomic E-state index is -0.305. The number of rotatable bonds is 4. The second-order valence-electron chi connectivity index (χ2n) is 6.96. The molecule has 2 aromatic carbocycles. The maximum atomic E-state index is 11.5. The standard InChI is InChI=1S/C21H22N2O.C2H6/c1-15-7-9-16(10-8-15)21(11-4-12-21)18-13-23(14-20(22)24)19-6-3-2-5-17(18)19;1-2/h2-3,5-10,13H,4,11-12,14H2,1H3,(H2,22,24);1-2H3. The van der Waals surface area contributed by atoms with Gasteiger partial charge in [0.05, 0.1) is 0 Å². The number of para-hydroxylation sites is 1. The number of primary amides is 1. The van der Waals surface area contributed by atoms with Crippen LogP contribution in [0.15, 0.2) is 54.7 Å². The Morgan fingerprint density at radius 2 is 1.73 bits per heavy atom. The minimum absolute atomic E-state index is 0.0657. The molecule has 1 aromatic heterocycles. The number of carbonyl (C=O) groups is 1. The zero-order chi connectivity index (χ0) is 18.7. The first-order valence-corrected chi connectivity index (χ1v) is 9.54. The highest BCUT2D eigenvalue weighted by atomic mass is 16.1. The molecular formula is C23H28N2O.